The fourth-order valence-corrected chi connectivity index (χ4v) is 1.73. The monoisotopic (exact) mass is 226 g/mol. The first-order valence-electron chi connectivity index (χ1n) is 5.28. The lowest BCUT2D eigenvalue weighted by Gasteiger charge is -1.98. The molecular formula is C12H10N4O. The Balaban J connectivity index is 2.07. The Labute approximate surface area is 97.0 Å². The maximum absolute atomic E-state index is 12.0. The third-order valence-electron chi connectivity index (χ3n) is 2.56. The fourth-order valence-electron chi connectivity index (χ4n) is 1.73. The average Bonchev–Trinajstić information content (AvgIpc) is 2.68. The van der Waals surface area contributed by atoms with Gasteiger partial charge in [-0.1, -0.05) is 30.3 Å². The second-order valence-electron chi connectivity index (χ2n) is 3.73. The predicted molar refractivity (Wildman–Crippen MR) is 62.8 cm³/mol. The van der Waals surface area contributed by atoms with E-state index in [1.807, 2.05) is 30.3 Å². The van der Waals surface area contributed by atoms with E-state index in [9.17, 15) is 4.79 Å². The molecule has 0 saturated carbocycles. The van der Waals surface area contributed by atoms with Gasteiger partial charge < -0.3 is 0 Å². The van der Waals surface area contributed by atoms with Crippen LogP contribution < -0.4 is 5.69 Å². The Hall–Kier alpha value is -2.43. The van der Waals surface area contributed by atoms with Gasteiger partial charge in [0, 0.05) is 12.3 Å². The van der Waals surface area contributed by atoms with E-state index in [4.69, 9.17) is 0 Å². The van der Waals surface area contributed by atoms with Crippen molar-refractivity contribution < 1.29 is 0 Å². The van der Waals surface area contributed by atoms with E-state index in [0.717, 1.165) is 5.56 Å². The van der Waals surface area contributed by atoms with Crippen LogP contribution in [-0.4, -0.2) is 19.2 Å². The summed E-state index contributed by atoms with van der Waals surface area (Å²) in [7, 11) is 0. The summed E-state index contributed by atoms with van der Waals surface area (Å²) >= 11 is 0. The lowest BCUT2D eigenvalue weighted by atomic mass is 10.2. The van der Waals surface area contributed by atoms with Crippen LogP contribution >= 0.6 is 0 Å². The molecule has 0 aliphatic heterocycles. The molecule has 3 aromatic rings. The van der Waals surface area contributed by atoms with Crippen LogP contribution in [0.5, 0.6) is 0 Å². The van der Waals surface area contributed by atoms with Gasteiger partial charge in [-0.05, 0) is 5.56 Å². The summed E-state index contributed by atoms with van der Waals surface area (Å²) in [5.74, 6) is 0. The number of rotatable bonds is 2. The number of hydrogen-bond donors (Lipinski definition) is 0. The van der Waals surface area contributed by atoms with E-state index in [1.54, 1.807) is 12.3 Å². The Morgan fingerprint density at radius 2 is 1.94 bits per heavy atom. The first kappa shape index (κ1) is 9.77. The summed E-state index contributed by atoms with van der Waals surface area (Å²) < 4.78 is 2.87. The molecule has 17 heavy (non-hydrogen) atoms. The van der Waals surface area contributed by atoms with Crippen LogP contribution in [0.15, 0.2) is 53.7 Å². The van der Waals surface area contributed by atoms with E-state index in [0.29, 0.717) is 12.2 Å². The highest BCUT2D eigenvalue weighted by molar-refractivity contribution is 5.33. The standard InChI is InChI=1S/C12H10N4O/c17-12-15-9-13-7-6-11(15)14-16(12)8-10-4-2-1-3-5-10/h1-7,9H,8H2. The van der Waals surface area contributed by atoms with Crippen molar-refractivity contribution in [3.05, 3.63) is 65.0 Å². The molecule has 2 heterocycles. The van der Waals surface area contributed by atoms with Crippen LogP contribution in [0.2, 0.25) is 0 Å². The molecule has 0 saturated heterocycles. The number of hydrogen-bond acceptors (Lipinski definition) is 3. The van der Waals surface area contributed by atoms with Crippen molar-refractivity contribution in [2.24, 2.45) is 0 Å². The predicted octanol–water partition coefficient (Wildman–Crippen LogP) is 0.939. The van der Waals surface area contributed by atoms with Crippen LogP contribution in [0.3, 0.4) is 0 Å². The smallest absolute Gasteiger partial charge is 0.246 e. The zero-order valence-electron chi connectivity index (χ0n) is 9.02. The molecule has 3 rings (SSSR count). The van der Waals surface area contributed by atoms with Gasteiger partial charge in [0.15, 0.2) is 5.65 Å². The summed E-state index contributed by atoms with van der Waals surface area (Å²) in [4.78, 5) is 15.9. The molecule has 0 fully saturated rings. The highest BCUT2D eigenvalue weighted by atomic mass is 16.2. The highest BCUT2D eigenvalue weighted by Gasteiger charge is 2.05. The number of aromatic nitrogens is 4. The molecule has 0 N–H and O–H groups in total. The second kappa shape index (κ2) is 3.86. The molecule has 5 nitrogen and oxygen atoms in total. The van der Waals surface area contributed by atoms with Gasteiger partial charge in [-0.2, -0.15) is 0 Å². The minimum absolute atomic E-state index is 0.169. The van der Waals surface area contributed by atoms with Gasteiger partial charge in [-0.15, -0.1) is 5.10 Å². The minimum Gasteiger partial charge on any atom is -0.246 e. The molecule has 0 aliphatic carbocycles. The van der Waals surface area contributed by atoms with E-state index < -0.39 is 0 Å². The first-order valence-corrected chi connectivity index (χ1v) is 5.28. The summed E-state index contributed by atoms with van der Waals surface area (Å²) in [6.45, 7) is 0.474. The van der Waals surface area contributed by atoms with Crippen LogP contribution in [0.1, 0.15) is 5.56 Å². The topological polar surface area (TPSA) is 52.2 Å². The molecule has 0 bridgehead atoms. The zero-order chi connectivity index (χ0) is 11.7. The average molecular weight is 226 g/mol. The zero-order valence-corrected chi connectivity index (χ0v) is 9.02. The third kappa shape index (κ3) is 1.71. The molecule has 1 aromatic carbocycles. The molecule has 0 spiro atoms. The minimum atomic E-state index is -0.169. The van der Waals surface area contributed by atoms with Gasteiger partial charge >= 0.3 is 5.69 Å². The van der Waals surface area contributed by atoms with E-state index in [2.05, 4.69) is 10.1 Å². The van der Waals surface area contributed by atoms with Crippen molar-refractivity contribution in [3.63, 3.8) is 0 Å². The molecule has 2 aromatic heterocycles. The summed E-state index contributed by atoms with van der Waals surface area (Å²) in [6.07, 6.45) is 3.10. The molecule has 0 unspecified atom stereocenters. The normalized spacial score (nSPS) is 10.8. The van der Waals surface area contributed by atoms with Gasteiger partial charge in [0.1, 0.15) is 6.33 Å². The number of fused-ring (bicyclic) bond motifs is 1. The van der Waals surface area contributed by atoms with Gasteiger partial charge in [0.05, 0.1) is 6.54 Å². The molecule has 5 heteroatoms. The van der Waals surface area contributed by atoms with Crippen LogP contribution in [0.25, 0.3) is 5.65 Å². The molecule has 0 amide bonds. The Morgan fingerprint density at radius 3 is 2.71 bits per heavy atom. The van der Waals surface area contributed by atoms with Gasteiger partial charge in [0.2, 0.25) is 0 Å². The molecule has 0 radical (unpaired) electrons. The van der Waals surface area contributed by atoms with Gasteiger partial charge in [-0.25, -0.2) is 18.9 Å². The Morgan fingerprint density at radius 1 is 1.12 bits per heavy atom. The number of nitrogens with zero attached hydrogens (tertiary/aromatic N) is 4. The first-order chi connectivity index (χ1) is 8.34. The van der Waals surface area contributed by atoms with Gasteiger partial charge in [0.25, 0.3) is 0 Å². The summed E-state index contributed by atoms with van der Waals surface area (Å²) in [5, 5.41) is 4.23. The van der Waals surface area contributed by atoms with Crippen LogP contribution in [0, 0.1) is 0 Å². The van der Waals surface area contributed by atoms with E-state index >= 15 is 0 Å². The molecule has 0 atom stereocenters. The Kier molecular flexibility index (Phi) is 2.22. The van der Waals surface area contributed by atoms with E-state index in [1.165, 1.54) is 15.4 Å². The summed E-state index contributed by atoms with van der Waals surface area (Å²) in [6, 6.07) is 11.5. The van der Waals surface area contributed by atoms with Crippen LogP contribution in [-0.2, 0) is 6.54 Å². The SMILES string of the molecule is O=c1n(Cc2ccccc2)nc2ccncn12. The lowest BCUT2D eigenvalue weighted by molar-refractivity contribution is 0.658. The van der Waals surface area contributed by atoms with Crippen molar-refractivity contribution in [1.29, 1.82) is 0 Å². The van der Waals surface area contributed by atoms with Crippen molar-refractivity contribution >= 4 is 5.65 Å². The highest BCUT2D eigenvalue weighted by Crippen LogP contribution is 2.00. The van der Waals surface area contributed by atoms with Crippen molar-refractivity contribution in [1.82, 2.24) is 19.2 Å². The molecule has 0 aliphatic rings. The molecular weight excluding hydrogens is 216 g/mol. The maximum Gasteiger partial charge on any atom is 0.351 e. The fraction of sp³-hybridized carbons (Fsp3) is 0.0833. The number of benzene rings is 1. The molecule has 84 valence electrons. The van der Waals surface area contributed by atoms with Crippen molar-refractivity contribution in [2.75, 3.05) is 0 Å². The van der Waals surface area contributed by atoms with Crippen molar-refractivity contribution in [3.8, 4) is 0 Å². The Bertz CT molecular complexity index is 699. The van der Waals surface area contributed by atoms with Crippen LogP contribution in [0.4, 0.5) is 0 Å². The largest absolute Gasteiger partial charge is 0.351 e. The lowest BCUT2D eigenvalue weighted by Crippen LogP contribution is -2.21. The maximum atomic E-state index is 12.0. The third-order valence-corrected chi connectivity index (χ3v) is 2.56. The summed E-state index contributed by atoms with van der Waals surface area (Å²) in [5.41, 5.74) is 1.49. The van der Waals surface area contributed by atoms with E-state index in [-0.39, 0.29) is 5.69 Å². The quantitative estimate of drug-likeness (QED) is 0.653. The second-order valence-corrected chi connectivity index (χ2v) is 3.73. The van der Waals surface area contributed by atoms with Crippen molar-refractivity contribution in [2.45, 2.75) is 6.54 Å². The van der Waals surface area contributed by atoms with Gasteiger partial charge in [-0.3, -0.25) is 0 Å².